The number of hydrogen-bond donors (Lipinski definition) is 2. The van der Waals surface area contributed by atoms with Gasteiger partial charge in [-0.1, -0.05) is 42.5 Å². The van der Waals surface area contributed by atoms with Crippen molar-refractivity contribution in [2.24, 2.45) is 0 Å². The number of aliphatic hydroxyl groups is 1. The summed E-state index contributed by atoms with van der Waals surface area (Å²) in [6, 6.07) is 16.1. The van der Waals surface area contributed by atoms with Crippen LogP contribution in [0, 0.1) is 0 Å². The maximum Gasteiger partial charge on any atom is 0.261 e. The number of sulfonamides is 1. The Bertz CT molecular complexity index is 901. The Labute approximate surface area is 140 Å². The molecule has 1 aliphatic rings. The van der Waals surface area contributed by atoms with E-state index in [-0.39, 0.29) is 29.2 Å². The molecule has 0 bridgehead atoms. The molecule has 2 aromatic rings. The molecule has 3 rings (SSSR count). The first-order chi connectivity index (χ1) is 11.5. The van der Waals surface area contributed by atoms with Gasteiger partial charge in [0.2, 0.25) is 0 Å². The SMILES string of the molecule is O=S(=O)(NC1=CC(F)=C(O)CC1)c1ccc(-c2ccccc2)cc1. The zero-order valence-corrected chi connectivity index (χ0v) is 13.6. The molecule has 0 fully saturated rings. The van der Waals surface area contributed by atoms with E-state index in [1.807, 2.05) is 30.3 Å². The zero-order chi connectivity index (χ0) is 17.2. The number of benzene rings is 2. The molecule has 4 nitrogen and oxygen atoms in total. The lowest BCUT2D eigenvalue weighted by atomic mass is 10.1. The number of nitrogens with one attached hydrogen (secondary N) is 1. The van der Waals surface area contributed by atoms with Crippen LogP contribution in [0.2, 0.25) is 0 Å². The molecule has 0 aromatic heterocycles. The van der Waals surface area contributed by atoms with E-state index in [1.165, 1.54) is 12.1 Å². The number of hydrogen-bond acceptors (Lipinski definition) is 3. The summed E-state index contributed by atoms with van der Waals surface area (Å²) in [6.07, 6.45) is 1.32. The molecule has 1 aliphatic carbocycles. The molecule has 2 N–H and O–H groups in total. The molecule has 0 amide bonds. The molecule has 2 aromatic carbocycles. The van der Waals surface area contributed by atoms with E-state index < -0.39 is 15.9 Å². The summed E-state index contributed by atoms with van der Waals surface area (Å²) >= 11 is 0. The van der Waals surface area contributed by atoms with Gasteiger partial charge in [-0.3, -0.25) is 4.72 Å². The standard InChI is InChI=1S/C18H16FNO3S/c19-17-12-15(8-11-18(17)21)20-24(22,23)16-9-6-14(7-10-16)13-4-2-1-3-5-13/h1-7,9-10,12,20-21H,8,11H2. The van der Waals surface area contributed by atoms with E-state index in [0.29, 0.717) is 0 Å². The van der Waals surface area contributed by atoms with Crippen molar-refractivity contribution in [3.05, 3.63) is 78.0 Å². The summed E-state index contributed by atoms with van der Waals surface area (Å²) < 4.78 is 40.5. The van der Waals surface area contributed by atoms with E-state index in [0.717, 1.165) is 17.2 Å². The summed E-state index contributed by atoms with van der Waals surface area (Å²) in [4.78, 5) is 0.0993. The zero-order valence-electron chi connectivity index (χ0n) is 12.7. The van der Waals surface area contributed by atoms with Crippen molar-refractivity contribution in [2.75, 3.05) is 0 Å². The maximum absolute atomic E-state index is 13.4. The highest BCUT2D eigenvalue weighted by Gasteiger charge is 2.19. The summed E-state index contributed by atoms with van der Waals surface area (Å²) in [6.45, 7) is 0. The average Bonchev–Trinajstić information content (AvgIpc) is 2.59. The van der Waals surface area contributed by atoms with Gasteiger partial charge in [0.25, 0.3) is 10.0 Å². The Balaban J connectivity index is 1.82. The van der Waals surface area contributed by atoms with Crippen molar-refractivity contribution in [1.29, 1.82) is 0 Å². The Hall–Kier alpha value is -2.60. The molecule has 0 unspecified atom stereocenters. The summed E-state index contributed by atoms with van der Waals surface area (Å²) in [5.41, 5.74) is 2.12. The van der Waals surface area contributed by atoms with Gasteiger partial charge >= 0.3 is 0 Å². The van der Waals surface area contributed by atoms with Crippen LogP contribution in [0.1, 0.15) is 12.8 Å². The lowest BCUT2D eigenvalue weighted by Crippen LogP contribution is -2.24. The van der Waals surface area contributed by atoms with Crippen molar-refractivity contribution in [3.63, 3.8) is 0 Å². The molecular formula is C18H16FNO3S. The average molecular weight is 345 g/mol. The highest BCUT2D eigenvalue weighted by Crippen LogP contribution is 2.24. The third kappa shape index (κ3) is 3.49. The molecule has 0 saturated carbocycles. The van der Waals surface area contributed by atoms with Crippen LogP contribution in [0.25, 0.3) is 11.1 Å². The lowest BCUT2D eigenvalue weighted by molar-refractivity contribution is 0.358. The number of halogens is 1. The van der Waals surface area contributed by atoms with Crippen LogP contribution in [0.15, 0.2) is 82.9 Å². The fourth-order valence-electron chi connectivity index (χ4n) is 2.45. The minimum atomic E-state index is -3.79. The van der Waals surface area contributed by atoms with Gasteiger partial charge in [-0.05, 0) is 35.8 Å². The van der Waals surface area contributed by atoms with E-state index >= 15 is 0 Å². The molecule has 0 spiro atoms. The van der Waals surface area contributed by atoms with E-state index in [4.69, 9.17) is 0 Å². The van der Waals surface area contributed by atoms with Gasteiger partial charge in [0.15, 0.2) is 5.83 Å². The van der Waals surface area contributed by atoms with Gasteiger partial charge in [-0.15, -0.1) is 0 Å². The minimum Gasteiger partial charge on any atom is -0.509 e. The predicted molar refractivity (Wildman–Crippen MR) is 90.3 cm³/mol. The molecule has 6 heteroatoms. The summed E-state index contributed by atoms with van der Waals surface area (Å²) in [7, 11) is -3.79. The van der Waals surface area contributed by atoms with Crippen molar-refractivity contribution in [3.8, 4) is 11.1 Å². The minimum absolute atomic E-state index is 0.0765. The molecule has 0 atom stereocenters. The Morgan fingerprint density at radius 3 is 2.17 bits per heavy atom. The normalized spacial score (nSPS) is 15.1. The van der Waals surface area contributed by atoms with Crippen molar-refractivity contribution >= 4 is 10.0 Å². The third-order valence-electron chi connectivity index (χ3n) is 3.74. The van der Waals surface area contributed by atoms with E-state index in [1.54, 1.807) is 12.1 Å². The van der Waals surface area contributed by atoms with Gasteiger partial charge in [0.05, 0.1) is 4.90 Å². The first kappa shape index (κ1) is 16.3. The Morgan fingerprint density at radius 1 is 0.917 bits per heavy atom. The van der Waals surface area contributed by atoms with Crippen LogP contribution in [0.4, 0.5) is 4.39 Å². The predicted octanol–water partition coefficient (Wildman–Crippen LogP) is 4.05. The Kier molecular flexibility index (Phi) is 4.40. The van der Waals surface area contributed by atoms with Crippen molar-refractivity contribution < 1.29 is 17.9 Å². The van der Waals surface area contributed by atoms with Crippen molar-refractivity contribution in [1.82, 2.24) is 4.72 Å². The van der Waals surface area contributed by atoms with Crippen LogP contribution >= 0.6 is 0 Å². The molecule has 124 valence electrons. The molecule has 24 heavy (non-hydrogen) atoms. The topological polar surface area (TPSA) is 66.4 Å². The van der Waals surface area contributed by atoms with Gasteiger partial charge in [0, 0.05) is 12.1 Å². The number of allylic oxidation sites excluding steroid dienone is 4. The van der Waals surface area contributed by atoms with Gasteiger partial charge in [-0.25, -0.2) is 12.8 Å². The van der Waals surface area contributed by atoms with E-state index in [9.17, 15) is 17.9 Å². The number of rotatable bonds is 4. The van der Waals surface area contributed by atoms with Crippen LogP contribution in [-0.4, -0.2) is 13.5 Å². The first-order valence-electron chi connectivity index (χ1n) is 7.42. The highest BCUT2D eigenvalue weighted by atomic mass is 32.2. The molecule has 0 radical (unpaired) electrons. The second-order valence-electron chi connectivity index (χ2n) is 5.46. The number of aliphatic hydroxyl groups excluding tert-OH is 1. The monoisotopic (exact) mass is 345 g/mol. The summed E-state index contributed by atoms with van der Waals surface area (Å²) in [5, 5.41) is 9.23. The van der Waals surface area contributed by atoms with E-state index in [2.05, 4.69) is 4.72 Å². The quantitative estimate of drug-likeness (QED) is 0.878. The first-order valence-corrected chi connectivity index (χ1v) is 8.90. The third-order valence-corrected chi connectivity index (χ3v) is 5.17. The van der Waals surface area contributed by atoms with Gasteiger partial charge in [0.1, 0.15) is 5.76 Å². The molecule has 0 saturated heterocycles. The largest absolute Gasteiger partial charge is 0.509 e. The second-order valence-corrected chi connectivity index (χ2v) is 7.14. The fourth-order valence-corrected chi connectivity index (χ4v) is 3.57. The summed E-state index contributed by atoms with van der Waals surface area (Å²) in [5.74, 6) is -1.16. The fraction of sp³-hybridized carbons (Fsp3) is 0.111. The maximum atomic E-state index is 13.4. The molecular weight excluding hydrogens is 329 g/mol. The van der Waals surface area contributed by atoms with Gasteiger partial charge in [-0.2, -0.15) is 0 Å². The second kappa shape index (κ2) is 6.49. The van der Waals surface area contributed by atoms with Crippen LogP contribution in [0.3, 0.4) is 0 Å². The highest BCUT2D eigenvalue weighted by molar-refractivity contribution is 7.89. The van der Waals surface area contributed by atoms with Crippen LogP contribution < -0.4 is 4.72 Å². The molecule has 0 heterocycles. The lowest BCUT2D eigenvalue weighted by Gasteiger charge is -2.15. The smallest absolute Gasteiger partial charge is 0.261 e. The van der Waals surface area contributed by atoms with Crippen molar-refractivity contribution in [2.45, 2.75) is 17.7 Å². The molecule has 0 aliphatic heterocycles. The van der Waals surface area contributed by atoms with Crippen LogP contribution in [-0.2, 0) is 10.0 Å². The van der Waals surface area contributed by atoms with Gasteiger partial charge < -0.3 is 5.11 Å². The van der Waals surface area contributed by atoms with Crippen LogP contribution in [0.5, 0.6) is 0 Å². The Morgan fingerprint density at radius 2 is 1.54 bits per heavy atom.